The van der Waals surface area contributed by atoms with Crippen LogP contribution in [-0.2, 0) is 6.61 Å². The van der Waals surface area contributed by atoms with Crippen LogP contribution in [0.3, 0.4) is 0 Å². The number of hydrogen-bond donors (Lipinski definition) is 4. The van der Waals surface area contributed by atoms with Crippen molar-refractivity contribution in [1.82, 2.24) is 5.43 Å². The van der Waals surface area contributed by atoms with Crippen LogP contribution < -0.4 is 22.1 Å². The first kappa shape index (κ1) is 15.3. The lowest BCUT2D eigenvalue weighted by atomic mass is 10.1. The molecule has 5 nitrogen and oxygen atoms in total. The Kier molecular flexibility index (Phi) is 7.67. The molecule has 0 atom stereocenters. The van der Waals surface area contributed by atoms with Crippen LogP contribution in [0.2, 0.25) is 0 Å². The highest BCUT2D eigenvalue weighted by Gasteiger charge is 2.06. The zero-order chi connectivity index (χ0) is 13.3. The summed E-state index contributed by atoms with van der Waals surface area (Å²) in [6.45, 7) is -0.1000. The molecule has 17 heavy (non-hydrogen) atoms. The van der Waals surface area contributed by atoms with Crippen LogP contribution in [0.5, 0.6) is 0 Å². The van der Waals surface area contributed by atoms with E-state index in [1.807, 2.05) is 12.1 Å². The number of rotatable bonds is 3. The molecule has 0 radical (unpaired) electrons. The van der Waals surface area contributed by atoms with Gasteiger partial charge in [0.1, 0.15) is 0 Å². The van der Waals surface area contributed by atoms with Gasteiger partial charge in [0.25, 0.3) is 0 Å². The second-order valence-electron chi connectivity index (χ2n) is 3.00. The fourth-order valence-electron chi connectivity index (χ4n) is 1.21. The van der Waals surface area contributed by atoms with E-state index in [0.29, 0.717) is 11.1 Å². The summed E-state index contributed by atoms with van der Waals surface area (Å²) in [6.07, 6.45) is 5.27. The zero-order valence-electron chi connectivity index (χ0n) is 9.55. The number of hydrazine groups is 2. The zero-order valence-corrected chi connectivity index (χ0v) is 10.4. The van der Waals surface area contributed by atoms with Crippen molar-refractivity contribution in [3.8, 4) is 12.3 Å². The van der Waals surface area contributed by atoms with Crippen molar-refractivity contribution in [2.45, 2.75) is 6.61 Å². The van der Waals surface area contributed by atoms with Crippen LogP contribution in [0, 0.1) is 12.3 Å². The van der Waals surface area contributed by atoms with Crippen LogP contribution >= 0.6 is 12.2 Å². The van der Waals surface area contributed by atoms with Crippen molar-refractivity contribution < 1.29 is 5.11 Å². The van der Waals surface area contributed by atoms with Gasteiger partial charge in [-0.2, -0.15) is 0 Å². The first-order valence-corrected chi connectivity index (χ1v) is 5.17. The molecule has 1 rings (SSSR count). The van der Waals surface area contributed by atoms with Crippen molar-refractivity contribution in [1.29, 1.82) is 0 Å². The molecular weight excluding hydrogens is 236 g/mol. The highest BCUT2D eigenvalue weighted by atomic mass is 32.1. The van der Waals surface area contributed by atoms with E-state index in [2.05, 4.69) is 29.4 Å². The summed E-state index contributed by atoms with van der Waals surface area (Å²) in [4.78, 5) is 0. The molecular formula is C11H16N4OS. The molecule has 6 N–H and O–H groups in total. The maximum Gasteiger partial charge on any atom is 0.0755 e. The number of nitrogens with two attached hydrogens (primary N) is 2. The van der Waals surface area contributed by atoms with E-state index >= 15 is 0 Å². The van der Waals surface area contributed by atoms with Gasteiger partial charge >= 0.3 is 0 Å². The van der Waals surface area contributed by atoms with Gasteiger partial charge in [-0.1, -0.05) is 24.2 Å². The van der Waals surface area contributed by atoms with Crippen molar-refractivity contribution in [3.05, 3.63) is 29.3 Å². The van der Waals surface area contributed by atoms with Gasteiger partial charge in [0.15, 0.2) is 0 Å². The number of terminal acetylenes is 1. The quantitative estimate of drug-likeness (QED) is 0.260. The van der Waals surface area contributed by atoms with Gasteiger partial charge in [-0.3, -0.25) is 5.84 Å². The molecule has 0 aliphatic rings. The first-order chi connectivity index (χ1) is 8.12. The number of anilines is 1. The fourth-order valence-corrected chi connectivity index (χ4v) is 1.21. The minimum Gasteiger partial charge on any atom is -0.392 e. The van der Waals surface area contributed by atoms with Crippen molar-refractivity contribution in [3.63, 3.8) is 0 Å². The lowest BCUT2D eigenvalue weighted by Crippen LogP contribution is -2.26. The highest BCUT2D eigenvalue weighted by Crippen LogP contribution is 2.20. The third kappa shape index (κ3) is 4.80. The van der Waals surface area contributed by atoms with Gasteiger partial charge in [-0.05, 0) is 12.1 Å². The van der Waals surface area contributed by atoms with E-state index < -0.39 is 0 Å². The maximum atomic E-state index is 9.10. The molecule has 0 saturated heterocycles. The highest BCUT2D eigenvalue weighted by molar-refractivity contribution is 7.78. The average Bonchev–Trinajstić information content (AvgIpc) is 2.37. The molecule has 0 bridgehead atoms. The molecule has 0 aromatic heterocycles. The molecule has 0 heterocycles. The summed E-state index contributed by atoms with van der Waals surface area (Å²) in [7, 11) is 1.70. The smallest absolute Gasteiger partial charge is 0.0755 e. The van der Waals surface area contributed by atoms with Crippen LogP contribution in [-0.4, -0.2) is 17.6 Å². The largest absolute Gasteiger partial charge is 0.392 e. The van der Waals surface area contributed by atoms with Gasteiger partial charge in [-0.15, -0.1) is 6.42 Å². The fraction of sp³-hybridized carbons (Fsp3) is 0.182. The Morgan fingerprint density at radius 2 is 2.24 bits per heavy atom. The average molecular weight is 252 g/mol. The third-order valence-corrected chi connectivity index (χ3v) is 2.05. The summed E-state index contributed by atoms with van der Waals surface area (Å²) in [5, 5.41) is 10.5. The lowest BCUT2D eigenvalue weighted by Gasteiger charge is -2.16. The molecule has 0 fully saturated rings. The minimum absolute atomic E-state index is 0.1000. The number of hydrogen-bond acceptors (Lipinski definition) is 5. The Bertz CT molecular complexity index is 401. The molecule has 0 amide bonds. The first-order valence-electron chi connectivity index (χ1n) is 4.69. The molecule has 6 heteroatoms. The maximum absolute atomic E-state index is 9.10. The van der Waals surface area contributed by atoms with E-state index in [1.165, 1.54) is 10.5 Å². The Balaban J connectivity index is 0.000000557. The molecule has 0 aliphatic carbocycles. The van der Waals surface area contributed by atoms with Gasteiger partial charge in [0.2, 0.25) is 0 Å². The molecule has 1 aromatic rings. The molecule has 92 valence electrons. The number of nitrogens with one attached hydrogen (secondary N) is 1. The van der Waals surface area contributed by atoms with E-state index in [1.54, 1.807) is 13.1 Å². The number of thiocarbonyl (C=S) groups is 1. The second-order valence-corrected chi connectivity index (χ2v) is 3.24. The van der Waals surface area contributed by atoms with Crippen LogP contribution in [0.15, 0.2) is 18.2 Å². The number of nitrogens with zero attached hydrogens (tertiary/aromatic N) is 1. The van der Waals surface area contributed by atoms with Gasteiger partial charge in [0, 0.05) is 18.2 Å². The predicted octanol–water partition coefficient (Wildman–Crippen LogP) is -0.123. The van der Waals surface area contributed by atoms with Crippen LogP contribution in [0.25, 0.3) is 0 Å². The van der Waals surface area contributed by atoms with Gasteiger partial charge in [0.05, 0.1) is 17.8 Å². The number of aliphatic hydroxyl groups is 1. The van der Waals surface area contributed by atoms with Gasteiger partial charge < -0.3 is 15.5 Å². The van der Waals surface area contributed by atoms with Crippen LogP contribution in [0.1, 0.15) is 11.1 Å². The summed E-state index contributed by atoms with van der Waals surface area (Å²) in [5.41, 5.74) is 5.47. The number of aliphatic hydroxyl groups excluding tert-OH is 1. The molecule has 0 saturated carbocycles. The molecule has 0 spiro atoms. The van der Waals surface area contributed by atoms with Gasteiger partial charge in [-0.25, -0.2) is 5.84 Å². The van der Waals surface area contributed by atoms with E-state index in [-0.39, 0.29) is 6.61 Å². The monoisotopic (exact) mass is 252 g/mol. The molecule has 0 aliphatic heterocycles. The minimum atomic E-state index is -0.1000. The van der Waals surface area contributed by atoms with Crippen molar-refractivity contribution >= 4 is 23.4 Å². The lowest BCUT2D eigenvalue weighted by molar-refractivity contribution is 0.282. The second kappa shape index (κ2) is 8.50. The Morgan fingerprint density at radius 1 is 1.65 bits per heavy atom. The Hall–Kier alpha value is -1.65. The van der Waals surface area contributed by atoms with Crippen LogP contribution in [0.4, 0.5) is 5.69 Å². The van der Waals surface area contributed by atoms with E-state index in [4.69, 9.17) is 17.4 Å². The van der Waals surface area contributed by atoms with E-state index in [9.17, 15) is 0 Å². The van der Waals surface area contributed by atoms with E-state index in [0.717, 1.165) is 5.69 Å². The third-order valence-electron chi connectivity index (χ3n) is 1.91. The predicted molar refractivity (Wildman–Crippen MR) is 73.9 cm³/mol. The summed E-state index contributed by atoms with van der Waals surface area (Å²) in [5.74, 6) is 12.7. The molecule has 0 unspecified atom stereocenters. The summed E-state index contributed by atoms with van der Waals surface area (Å²) >= 11 is 4.19. The van der Waals surface area contributed by atoms with Crippen molar-refractivity contribution in [2.24, 2.45) is 11.7 Å². The Morgan fingerprint density at radius 3 is 2.59 bits per heavy atom. The normalized spacial score (nSPS) is 8.41. The summed E-state index contributed by atoms with van der Waals surface area (Å²) < 4.78 is 0. The van der Waals surface area contributed by atoms with Crippen molar-refractivity contribution in [2.75, 3.05) is 12.1 Å². The topological polar surface area (TPSA) is 87.5 Å². The summed E-state index contributed by atoms with van der Waals surface area (Å²) in [6, 6.07) is 5.40. The number of benzene rings is 1. The Labute approximate surface area is 106 Å². The molecule has 1 aromatic carbocycles. The standard InChI is InChI=1S/C10H12N2O.CH4N2S/c1-3-8-5-4-6-10(12(2)11)9(8)7-13;2-3-1-4/h1,4-6,13H,7,11H2,2H3;1H,2H2,(H,3,4). The SMILES string of the molecule is C#Cc1cccc(N(C)N)c1CO.NNC=S.